The molecule has 2 rings (SSSR count). The quantitative estimate of drug-likeness (QED) is 0.762. The zero-order valence-corrected chi connectivity index (χ0v) is 15.8. The summed E-state index contributed by atoms with van der Waals surface area (Å²) in [6, 6.07) is 9.92. The van der Waals surface area contributed by atoms with E-state index in [1.54, 1.807) is 11.3 Å². The maximum atomic E-state index is 12.1. The minimum atomic E-state index is -0.216. The summed E-state index contributed by atoms with van der Waals surface area (Å²) < 4.78 is 0. The van der Waals surface area contributed by atoms with Crippen molar-refractivity contribution in [2.75, 3.05) is 25.0 Å². The van der Waals surface area contributed by atoms with Gasteiger partial charge in [0.25, 0.3) is 0 Å². The number of nitrogens with zero attached hydrogens (tertiary/aromatic N) is 1. The molecule has 0 saturated heterocycles. The number of hydrogen-bond acceptors (Lipinski definition) is 4. The Morgan fingerprint density at radius 2 is 1.80 bits per heavy atom. The van der Waals surface area contributed by atoms with Gasteiger partial charge in [0.05, 0.1) is 13.1 Å². The van der Waals surface area contributed by atoms with Crippen LogP contribution in [0.4, 0.5) is 5.69 Å². The Morgan fingerprint density at radius 3 is 2.40 bits per heavy atom. The second-order valence-corrected chi connectivity index (χ2v) is 7.01. The number of benzene rings is 1. The molecule has 0 spiro atoms. The molecule has 0 aliphatic rings. The molecule has 0 unspecified atom stereocenters. The van der Waals surface area contributed by atoms with E-state index in [9.17, 15) is 9.59 Å². The van der Waals surface area contributed by atoms with Crippen molar-refractivity contribution < 1.29 is 9.59 Å². The highest BCUT2D eigenvalue weighted by Gasteiger charge is 2.12. The standard InChI is InChI=1S/C19H25N3O2S/c1-4-22(12-16-9-6-10-25-16)13-18(24)20-11-17(23)21-19-14(2)7-5-8-15(19)3/h5-10H,4,11-13H2,1-3H3,(H,20,24)(H,21,23). The number of rotatable bonds is 8. The number of likely N-dealkylation sites (N-methyl/N-ethyl adjacent to an activating group) is 1. The van der Waals surface area contributed by atoms with Crippen molar-refractivity contribution in [3.63, 3.8) is 0 Å². The molecule has 0 atom stereocenters. The van der Waals surface area contributed by atoms with Crippen LogP contribution in [0.3, 0.4) is 0 Å². The number of hydrogen-bond donors (Lipinski definition) is 2. The first-order valence-corrected chi connectivity index (χ1v) is 9.25. The highest BCUT2D eigenvalue weighted by atomic mass is 32.1. The Hall–Kier alpha value is -2.18. The Bertz CT molecular complexity index is 693. The zero-order chi connectivity index (χ0) is 18.2. The molecule has 134 valence electrons. The van der Waals surface area contributed by atoms with Gasteiger partial charge in [-0.3, -0.25) is 14.5 Å². The monoisotopic (exact) mass is 359 g/mol. The van der Waals surface area contributed by atoms with Crippen molar-refractivity contribution in [1.82, 2.24) is 10.2 Å². The van der Waals surface area contributed by atoms with E-state index in [0.29, 0.717) is 0 Å². The smallest absolute Gasteiger partial charge is 0.243 e. The average molecular weight is 359 g/mol. The number of nitrogens with one attached hydrogen (secondary N) is 2. The zero-order valence-electron chi connectivity index (χ0n) is 15.0. The molecule has 0 fully saturated rings. The predicted molar refractivity (Wildman–Crippen MR) is 103 cm³/mol. The van der Waals surface area contributed by atoms with E-state index < -0.39 is 0 Å². The summed E-state index contributed by atoms with van der Waals surface area (Å²) >= 11 is 1.68. The van der Waals surface area contributed by atoms with E-state index in [4.69, 9.17) is 0 Å². The maximum absolute atomic E-state index is 12.1. The van der Waals surface area contributed by atoms with E-state index in [1.807, 2.05) is 55.3 Å². The number of anilines is 1. The third kappa shape index (κ3) is 5.99. The normalized spacial score (nSPS) is 10.7. The number of thiophene rings is 1. The van der Waals surface area contributed by atoms with Crippen LogP contribution in [0.5, 0.6) is 0 Å². The van der Waals surface area contributed by atoms with Gasteiger partial charge in [-0.1, -0.05) is 31.2 Å². The molecule has 1 heterocycles. The second kappa shape index (κ2) is 9.34. The maximum Gasteiger partial charge on any atom is 0.243 e. The lowest BCUT2D eigenvalue weighted by Gasteiger charge is -2.19. The van der Waals surface area contributed by atoms with Crippen LogP contribution < -0.4 is 10.6 Å². The summed E-state index contributed by atoms with van der Waals surface area (Å²) in [6.07, 6.45) is 0. The van der Waals surface area contributed by atoms with E-state index in [0.717, 1.165) is 29.9 Å². The topological polar surface area (TPSA) is 61.4 Å². The third-order valence-corrected chi connectivity index (χ3v) is 4.83. The summed E-state index contributed by atoms with van der Waals surface area (Å²) in [7, 11) is 0. The van der Waals surface area contributed by atoms with Gasteiger partial charge in [0.15, 0.2) is 0 Å². The lowest BCUT2D eigenvalue weighted by molar-refractivity contribution is -0.125. The molecule has 25 heavy (non-hydrogen) atoms. The molecule has 0 aliphatic heterocycles. The fourth-order valence-electron chi connectivity index (χ4n) is 2.54. The lowest BCUT2D eigenvalue weighted by Crippen LogP contribution is -2.40. The number of para-hydroxylation sites is 1. The number of carbonyl (C=O) groups excluding carboxylic acids is 2. The van der Waals surface area contributed by atoms with Crippen molar-refractivity contribution >= 4 is 28.8 Å². The highest BCUT2D eigenvalue weighted by molar-refractivity contribution is 7.09. The van der Waals surface area contributed by atoms with Crippen molar-refractivity contribution in [2.45, 2.75) is 27.3 Å². The van der Waals surface area contributed by atoms with E-state index in [2.05, 4.69) is 16.7 Å². The first-order chi connectivity index (χ1) is 12.0. The lowest BCUT2D eigenvalue weighted by atomic mass is 10.1. The second-order valence-electron chi connectivity index (χ2n) is 5.97. The van der Waals surface area contributed by atoms with Gasteiger partial charge in [-0.05, 0) is 43.0 Å². The SMILES string of the molecule is CCN(CC(=O)NCC(=O)Nc1c(C)cccc1C)Cc1cccs1. The molecule has 6 heteroatoms. The van der Waals surface area contributed by atoms with Gasteiger partial charge in [-0.15, -0.1) is 11.3 Å². The molecular weight excluding hydrogens is 334 g/mol. The molecule has 2 amide bonds. The average Bonchev–Trinajstić information content (AvgIpc) is 3.09. The van der Waals surface area contributed by atoms with Gasteiger partial charge in [0.2, 0.25) is 11.8 Å². The molecule has 0 aliphatic carbocycles. The highest BCUT2D eigenvalue weighted by Crippen LogP contribution is 2.19. The first kappa shape index (κ1) is 19.1. The van der Waals surface area contributed by atoms with Gasteiger partial charge in [-0.25, -0.2) is 0 Å². The van der Waals surface area contributed by atoms with Crippen LogP contribution in [0.1, 0.15) is 22.9 Å². The van der Waals surface area contributed by atoms with Crippen molar-refractivity contribution in [3.8, 4) is 0 Å². The third-order valence-electron chi connectivity index (χ3n) is 3.97. The van der Waals surface area contributed by atoms with E-state index in [1.165, 1.54) is 4.88 Å². The molecule has 1 aromatic carbocycles. The van der Waals surface area contributed by atoms with Gasteiger partial charge < -0.3 is 10.6 Å². The summed E-state index contributed by atoms with van der Waals surface area (Å²) in [5, 5.41) is 7.60. The molecule has 2 aromatic rings. The summed E-state index contributed by atoms with van der Waals surface area (Å²) in [6.45, 7) is 7.70. The molecule has 5 nitrogen and oxygen atoms in total. The van der Waals surface area contributed by atoms with Crippen molar-refractivity contribution in [2.24, 2.45) is 0 Å². The first-order valence-electron chi connectivity index (χ1n) is 8.37. The minimum absolute atomic E-state index is 0.0246. The van der Waals surface area contributed by atoms with Crippen molar-refractivity contribution in [3.05, 3.63) is 51.7 Å². The number of amides is 2. The van der Waals surface area contributed by atoms with Crippen LogP contribution in [0.25, 0.3) is 0 Å². The van der Waals surface area contributed by atoms with Gasteiger partial charge in [0.1, 0.15) is 0 Å². The molecular formula is C19H25N3O2S. The predicted octanol–water partition coefficient (Wildman–Crippen LogP) is 2.94. The molecule has 0 bridgehead atoms. The van der Waals surface area contributed by atoms with Crippen LogP contribution in [-0.2, 0) is 16.1 Å². The Balaban J connectivity index is 1.79. The number of carbonyl (C=O) groups is 2. The van der Waals surface area contributed by atoms with E-state index in [-0.39, 0.29) is 24.9 Å². The molecule has 2 N–H and O–H groups in total. The van der Waals surface area contributed by atoms with Gasteiger partial charge in [0, 0.05) is 17.1 Å². The Kier molecular flexibility index (Phi) is 7.16. The van der Waals surface area contributed by atoms with Gasteiger partial charge >= 0.3 is 0 Å². The summed E-state index contributed by atoms with van der Waals surface area (Å²) in [5.41, 5.74) is 2.83. The van der Waals surface area contributed by atoms with Crippen LogP contribution in [0.15, 0.2) is 35.7 Å². The fourth-order valence-corrected chi connectivity index (χ4v) is 3.28. The molecule has 0 saturated carbocycles. The minimum Gasteiger partial charge on any atom is -0.346 e. The molecule has 1 aromatic heterocycles. The van der Waals surface area contributed by atoms with Crippen molar-refractivity contribution in [1.29, 1.82) is 0 Å². The van der Waals surface area contributed by atoms with Crippen LogP contribution in [0.2, 0.25) is 0 Å². The fraction of sp³-hybridized carbons (Fsp3) is 0.368. The summed E-state index contributed by atoms with van der Waals surface area (Å²) in [5.74, 6) is -0.359. The molecule has 0 radical (unpaired) electrons. The largest absolute Gasteiger partial charge is 0.346 e. The van der Waals surface area contributed by atoms with Crippen LogP contribution in [-0.4, -0.2) is 36.3 Å². The van der Waals surface area contributed by atoms with Crippen LogP contribution in [0, 0.1) is 13.8 Å². The van der Waals surface area contributed by atoms with Gasteiger partial charge in [-0.2, -0.15) is 0 Å². The Morgan fingerprint density at radius 1 is 1.08 bits per heavy atom. The number of aryl methyl sites for hydroxylation is 2. The van der Waals surface area contributed by atoms with Crippen LogP contribution >= 0.6 is 11.3 Å². The van der Waals surface area contributed by atoms with E-state index >= 15 is 0 Å². The summed E-state index contributed by atoms with van der Waals surface area (Å²) in [4.78, 5) is 27.5. The Labute approximate surface area is 153 Å².